The lowest BCUT2D eigenvalue weighted by atomic mass is 10.0. The minimum Gasteiger partial charge on any atom is -0.444 e. The first-order valence-electron chi connectivity index (χ1n) is 10.5. The van der Waals surface area contributed by atoms with Gasteiger partial charge in [-0.3, -0.25) is 29.4 Å². The second kappa shape index (κ2) is 8.97. The van der Waals surface area contributed by atoms with Crippen LogP contribution in [-0.4, -0.2) is 59.4 Å². The van der Waals surface area contributed by atoms with Crippen LogP contribution in [0.15, 0.2) is 18.2 Å². The summed E-state index contributed by atoms with van der Waals surface area (Å²) in [6, 6.07) is 3.88. The van der Waals surface area contributed by atoms with Crippen molar-refractivity contribution in [2.24, 2.45) is 5.92 Å². The number of carbonyl (C=O) groups is 5. The number of nitrogens with zero attached hydrogens (tertiary/aromatic N) is 1. The summed E-state index contributed by atoms with van der Waals surface area (Å²) < 4.78 is 5.21. The van der Waals surface area contributed by atoms with E-state index >= 15 is 0 Å². The minimum atomic E-state index is -1.01. The van der Waals surface area contributed by atoms with E-state index in [-0.39, 0.29) is 29.9 Å². The molecule has 3 N–H and O–H groups in total. The average Bonchev–Trinajstić information content (AvgIpc) is 2.95. The SMILES string of the molecule is C[C@H](CNC(=O)OC(C)(C)C)CNc1cccc2c1C(=O)N(C1CCC(=O)NC1=O)C2=O. The van der Waals surface area contributed by atoms with E-state index in [2.05, 4.69) is 16.0 Å². The highest BCUT2D eigenvalue weighted by Gasteiger charge is 2.45. The Balaban J connectivity index is 1.65. The smallest absolute Gasteiger partial charge is 0.407 e. The highest BCUT2D eigenvalue weighted by Crippen LogP contribution is 2.32. The fourth-order valence-corrected chi connectivity index (χ4v) is 3.59. The zero-order valence-electron chi connectivity index (χ0n) is 18.6. The van der Waals surface area contributed by atoms with Crippen molar-refractivity contribution in [2.45, 2.75) is 52.2 Å². The average molecular weight is 444 g/mol. The number of hydrogen-bond acceptors (Lipinski definition) is 7. The molecule has 1 aromatic rings. The Kier molecular flexibility index (Phi) is 6.52. The molecule has 5 amide bonds. The number of ether oxygens (including phenoxy) is 1. The largest absolute Gasteiger partial charge is 0.444 e. The lowest BCUT2D eigenvalue weighted by Gasteiger charge is -2.27. The maximum Gasteiger partial charge on any atom is 0.407 e. The van der Waals surface area contributed by atoms with Gasteiger partial charge in [-0.1, -0.05) is 13.0 Å². The molecule has 1 fully saturated rings. The molecule has 0 aromatic heterocycles. The van der Waals surface area contributed by atoms with Crippen LogP contribution >= 0.6 is 0 Å². The zero-order chi connectivity index (χ0) is 23.6. The molecule has 0 bridgehead atoms. The van der Waals surface area contributed by atoms with Crippen LogP contribution in [0, 0.1) is 5.92 Å². The molecule has 1 saturated heterocycles. The first-order chi connectivity index (χ1) is 15.0. The number of alkyl carbamates (subject to hydrolysis) is 1. The molecule has 3 rings (SSSR count). The summed E-state index contributed by atoms with van der Waals surface area (Å²) >= 11 is 0. The van der Waals surface area contributed by atoms with Gasteiger partial charge >= 0.3 is 6.09 Å². The van der Waals surface area contributed by atoms with Gasteiger partial charge in [-0.15, -0.1) is 0 Å². The molecule has 0 spiro atoms. The Bertz CT molecular complexity index is 968. The molecule has 2 aliphatic heterocycles. The standard InChI is InChI=1S/C22H28N4O6/c1-12(11-24-21(31)32-22(2,3)4)10-23-14-7-5-6-13-17(14)20(30)26(19(13)29)15-8-9-16(27)25-18(15)28/h5-7,12,15,23H,8-11H2,1-4H3,(H,24,31)(H,25,27,28)/t12-,15?/m0/s1. The highest BCUT2D eigenvalue weighted by atomic mass is 16.6. The van der Waals surface area contributed by atoms with Gasteiger partial charge in [0, 0.05) is 25.2 Å². The van der Waals surface area contributed by atoms with Crippen molar-refractivity contribution >= 4 is 35.4 Å². The lowest BCUT2D eigenvalue weighted by Crippen LogP contribution is -2.54. The van der Waals surface area contributed by atoms with Crippen LogP contribution in [0.4, 0.5) is 10.5 Å². The van der Waals surface area contributed by atoms with Crippen LogP contribution < -0.4 is 16.0 Å². The van der Waals surface area contributed by atoms with E-state index in [9.17, 15) is 24.0 Å². The van der Waals surface area contributed by atoms with Crippen molar-refractivity contribution < 1.29 is 28.7 Å². The van der Waals surface area contributed by atoms with Gasteiger partial charge in [0.1, 0.15) is 11.6 Å². The zero-order valence-corrected chi connectivity index (χ0v) is 18.6. The fourth-order valence-electron chi connectivity index (χ4n) is 3.59. The monoisotopic (exact) mass is 444 g/mol. The summed E-state index contributed by atoms with van der Waals surface area (Å²) in [5.41, 5.74) is 0.302. The van der Waals surface area contributed by atoms with E-state index in [0.29, 0.717) is 18.8 Å². The molecule has 10 heteroatoms. The van der Waals surface area contributed by atoms with Gasteiger partial charge in [0.05, 0.1) is 11.1 Å². The molecule has 0 aliphatic carbocycles. The van der Waals surface area contributed by atoms with E-state index in [1.54, 1.807) is 39.0 Å². The molecule has 2 atom stereocenters. The molecule has 0 saturated carbocycles. The molecule has 2 aliphatic rings. The van der Waals surface area contributed by atoms with Crippen molar-refractivity contribution in [1.29, 1.82) is 0 Å². The Hall–Kier alpha value is -3.43. The highest BCUT2D eigenvalue weighted by molar-refractivity contribution is 6.25. The van der Waals surface area contributed by atoms with Crippen molar-refractivity contribution in [3.05, 3.63) is 29.3 Å². The molecule has 1 unspecified atom stereocenters. The van der Waals surface area contributed by atoms with Crippen LogP contribution in [0.5, 0.6) is 0 Å². The second-order valence-corrected chi connectivity index (χ2v) is 9.04. The summed E-state index contributed by atoms with van der Waals surface area (Å²) in [6.07, 6.45) is -0.339. The molecule has 1 aromatic carbocycles. The lowest BCUT2D eigenvalue weighted by molar-refractivity contribution is -0.136. The van der Waals surface area contributed by atoms with Crippen molar-refractivity contribution in [2.75, 3.05) is 18.4 Å². The Morgan fingerprint density at radius 1 is 1.19 bits per heavy atom. The number of amides is 5. The van der Waals surface area contributed by atoms with E-state index in [1.165, 1.54) is 0 Å². The maximum absolute atomic E-state index is 13.1. The minimum absolute atomic E-state index is 0.00295. The Morgan fingerprint density at radius 2 is 1.91 bits per heavy atom. The third-order valence-corrected chi connectivity index (χ3v) is 5.10. The van der Waals surface area contributed by atoms with Crippen molar-refractivity contribution in [3.63, 3.8) is 0 Å². The second-order valence-electron chi connectivity index (χ2n) is 9.04. The number of anilines is 1. The number of nitrogens with one attached hydrogen (secondary N) is 3. The van der Waals surface area contributed by atoms with Gasteiger partial charge in [0.2, 0.25) is 11.8 Å². The van der Waals surface area contributed by atoms with Crippen LogP contribution in [0.1, 0.15) is 61.3 Å². The number of imide groups is 2. The quantitative estimate of drug-likeness (QED) is 0.568. The van der Waals surface area contributed by atoms with Crippen LogP contribution in [0.25, 0.3) is 0 Å². The van der Waals surface area contributed by atoms with E-state index < -0.39 is 41.4 Å². The van der Waals surface area contributed by atoms with Crippen molar-refractivity contribution in [1.82, 2.24) is 15.5 Å². The topological polar surface area (TPSA) is 134 Å². The maximum atomic E-state index is 13.1. The number of fused-ring (bicyclic) bond motifs is 1. The molecule has 32 heavy (non-hydrogen) atoms. The van der Waals surface area contributed by atoms with Gasteiger partial charge < -0.3 is 15.4 Å². The van der Waals surface area contributed by atoms with E-state index in [4.69, 9.17) is 4.74 Å². The van der Waals surface area contributed by atoms with Crippen LogP contribution in [-0.2, 0) is 14.3 Å². The van der Waals surface area contributed by atoms with Gasteiger partial charge in [-0.25, -0.2) is 4.79 Å². The molecular formula is C22H28N4O6. The number of rotatable bonds is 6. The summed E-state index contributed by atoms with van der Waals surface area (Å²) in [7, 11) is 0. The predicted molar refractivity (Wildman–Crippen MR) is 115 cm³/mol. The molecule has 172 valence electrons. The fraction of sp³-hybridized carbons (Fsp3) is 0.500. The molecule has 10 nitrogen and oxygen atoms in total. The third kappa shape index (κ3) is 5.06. The van der Waals surface area contributed by atoms with Crippen LogP contribution in [0.2, 0.25) is 0 Å². The summed E-state index contributed by atoms with van der Waals surface area (Å²) in [5, 5.41) is 8.04. The third-order valence-electron chi connectivity index (χ3n) is 5.10. The van der Waals surface area contributed by atoms with Crippen LogP contribution in [0.3, 0.4) is 0 Å². The number of benzene rings is 1. The summed E-state index contributed by atoms with van der Waals surface area (Å²) in [6.45, 7) is 8.03. The molecular weight excluding hydrogens is 416 g/mol. The van der Waals surface area contributed by atoms with Crippen molar-refractivity contribution in [3.8, 4) is 0 Å². The molecule has 0 radical (unpaired) electrons. The number of piperidine rings is 1. The summed E-state index contributed by atoms with van der Waals surface area (Å²) in [4.78, 5) is 62.3. The van der Waals surface area contributed by atoms with E-state index in [1.807, 2.05) is 6.92 Å². The van der Waals surface area contributed by atoms with E-state index in [0.717, 1.165) is 4.90 Å². The number of hydrogen-bond donors (Lipinski definition) is 3. The summed E-state index contributed by atoms with van der Waals surface area (Å²) in [5.74, 6) is -2.19. The normalized spacial score (nSPS) is 19.4. The predicted octanol–water partition coefficient (Wildman–Crippen LogP) is 1.66. The first-order valence-corrected chi connectivity index (χ1v) is 10.5. The van der Waals surface area contributed by atoms with Gasteiger partial charge in [-0.2, -0.15) is 0 Å². The van der Waals surface area contributed by atoms with Gasteiger partial charge in [-0.05, 0) is 45.2 Å². The van der Waals surface area contributed by atoms with Gasteiger partial charge in [0.15, 0.2) is 0 Å². The Labute approximate surface area is 186 Å². The molecule has 2 heterocycles. The Morgan fingerprint density at radius 3 is 2.56 bits per heavy atom. The first kappa shape index (κ1) is 23.2. The van der Waals surface area contributed by atoms with Gasteiger partial charge in [0.25, 0.3) is 11.8 Å². The number of carbonyl (C=O) groups excluding carboxylic acids is 5.